The van der Waals surface area contributed by atoms with Crippen molar-refractivity contribution >= 4 is 40.2 Å². The fraction of sp³-hybridized carbons (Fsp3) is 0.545. The van der Waals surface area contributed by atoms with Gasteiger partial charge in [-0.3, -0.25) is 14.5 Å². The first kappa shape index (κ1) is 12.6. The summed E-state index contributed by atoms with van der Waals surface area (Å²) in [5.74, 6) is -0.357. The molecule has 1 N–H and O–H groups in total. The van der Waals surface area contributed by atoms with Crippen molar-refractivity contribution in [1.82, 2.24) is 4.90 Å². The van der Waals surface area contributed by atoms with E-state index < -0.39 is 5.97 Å². The van der Waals surface area contributed by atoms with E-state index in [0.717, 1.165) is 12.8 Å². The summed E-state index contributed by atoms with van der Waals surface area (Å²) < 4.78 is 0.548. The average molecular weight is 271 g/mol. The highest BCUT2D eigenvalue weighted by Gasteiger charge is 2.33. The number of carbonyl (C=O) groups excluding carboxylic acids is 1. The Hall–Kier alpha value is -0.880. The molecule has 1 aliphatic carbocycles. The highest BCUT2D eigenvalue weighted by atomic mass is 32.2. The Morgan fingerprint density at radius 3 is 2.88 bits per heavy atom. The zero-order valence-corrected chi connectivity index (χ0v) is 10.9. The predicted molar refractivity (Wildman–Crippen MR) is 69.6 cm³/mol. The van der Waals surface area contributed by atoms with Gasteiger partial charge in [-0.05, 0) is 25.2 Å². The third-order valence-corrected chi connectivity index (χ3v) is 4.05. The molecule has 0 spiro atoms. The highest BCUT2D eigenvalue weighted by Crippen LogP contribution is 2.38. The molecule has 0 radical (unpaired) electrons. The van der Waals surface area contributed by atoms with E-state index in [1.165, 1.54) is 16.7 Å². The van der Waals surface area contributed by atoms with Crippen LogP contribution < -0.4 is 0 Å². The van der Waals surface area contributed by atoms with Gasteiger partial charge in [0.25, 0.3) is 5.91 Å². The maximum Gasteiger partial charge on any atom is 0.303 e. The van der Waals surface area contributed by atoms with Gasteiger partial charge in [-0.25, -0.2) is 0 Å². The fourth-order valence-electron chi connectivity index (χ4n) is 1.57. The van der Waals surface area contributed by atoms with E-state index in [9.17, 15) is 9.59 Å². The van der Waals surface area contributed by atoms with Crippen LogP contribution in [0.15, 0.2) is 11.0 Å². The van der Waals surface area contributed by atoms with Gasteiger partial charge < -0.3 is 5.11 Å². The summed E-state index contributed by atoms with van der Waals surface area (Å²) >= 11 is 6.46. The van der Waals surface area contributed by atoms with Gasteiger partial charge in [-0.1, -0.05) is 30.1 Å². The summed E-state index contributed by atoms with van der Waals surface area (Å²) in [6, 6.07) is 0. The number of nitrogens with zero attached hydrogens (tertiary/aromatic N) is 1. The number of aliphatic carboxylic acids is 1. The summed E-state index contributed by atoms with van der Waals surface area (Å²) in [7, 11) is 0. The normalized spacial score (nSPS) is 22.6. The zero-order valence-electron chi connectivity index (χ0n) is 9.22. The van der Waals surface area contributed by atoms with Gasteiger partial charge >= 0.3 is 5.97 Å². The molecule has 0 aromatic heterocycles. The second-order valence-electron chi connectivity index (χ2n) is 4.19. The van der Waals surface area contributed by atoms with Crippen molar-refractivity contribution in [2.24, 2.45) is 5.92 Å². The number of hydrogen-bond acceptors (Lipinski definition) is 4. The molecular formula is C11H13NO3S2. The van der Waals surface area contributed by atoms with Gasteiger partial charge in [0.05, 0.1) is 4.91 Å². The van der Waals surface area contributed by atoms with Crippen LogP contribution in [0.3, 0.4) is 0 Å². The molecule has 2 fully saturated rings. The van der Waals surface area contributed by atoms with Crippen LogP contribution in [0.4, 0.5) is 0 Å². The monoisotopic (exact) mass is 271 g/mol. The van der Waals surface area contributed by atoms with E-state index in [2.05, 4.69) is 0 Å². The largest absolute Gasteiger partial charge is 0.481 e. The first-order valence-corrected chi connectivity index (χ1v) is 6.77. The fourth-order valence-corrected chi connectivity index (χ4v) is 2.95. The second kappa shape index (κ2) is 5.18. The number of rotatable bonds is 5. The predicted octanol–water partition coefficient (Wildman–Crippen LogP) is 2.01. The van der Waals surface area contributed by atoms with Crippen molar-refractivity contribution in [1.29, 1.82) is 0 Å². The van der Waals surface area contributed by atoms with Crippen LogP contribution in [0, 0.1) is 5.92 Å². The maximum atomic E-state index is 12.0. The van der Waals surface area contributed by atoms with Crippen molar-refractivity contribution in [2.75, 3.05) is 6.54 Å². The minimum atomic E-state index is -0.844. The Balaban J connectivity index is 1.91. The Bertz CT molecular complexity index is 402. The van der Waals surface area contributed by atoms with Crippen LogP contribution in [0.2, 0.25) is 0 Å². The molecule has 92 valence electrons. The van der Waals surface area contributed by atoms with Crippen LogP contribution in [0.1, 0.15) is 25.7 Å². The smallest absolute Gasteiger partial charge is 0.303 e. The lowest BCUT2D eigenvalue weighted by Crippen LogP contribution is -2.29. The van der Waals surface area contributed by atoms with Crippen molar-refractivity contribution in [3.05, 3.63) is 11.0 Å². The molecule has 6 heteroatoms. The number of carboxylic acid groups (broad SMARTS) is 1. The van der Waals surface area contributed by atoms with Gasteiger partial charge in [-0.2, -0.15) is 0 Å². The van der Waals surface area contributed by atoms with E-state index in [0.29, 0.717) is 28.1 Å². The van der Waals surface area contributed by atoms with Gasteiger partial charge in [0.1, 0.15) is 4.32 Å². The molecule has 4 nitrogen and oxygen atoms in total. The zero-order chi connectivity index (χ0) is 12.4. The van der Waals surface area contributed by atoms with Gasteiger partial charge in [0.15, 0.2) is 0 Å². The quantitative estimate of drug-likeness (QED) is 0.612. The molecular weight excluding hydrogens is 258 g/mol. The highest BCUT2D eigenvalue weighted by molar-refractivity contribution is 8.26. The third-order valence-electron chi connectivity index (χ3n) is 2.66. The number of carboxylic acids is 1. The molecule has 0 bridgehead atoms. The van der Waals surface area contributed by atoms with Crippen LogP contribution in [-0.2, 0) is 9.59 Å². The Labute approximate surface area is 109 Å². The van der Waals surface area contributed by atoms with Crippen LogP contribution in [0.25, 0.3) is 0 Å². The molecule has 1 saturated carbocycles. The number of amides is 1. The van der Waals surface area contributed by atoms with Crippen molar-refractivity contribution in [2.45, 2.75) is 25.7 Å². The average Bonchev–Trinajstić information content (AvgIpc) is 3.01. The molecule has 2 rings (SSSR count). The van der Waals surface area contributed by atoms with Crippen LogP contribution in [0.5, 0.6) is 0 Å². The van der Waals surface area contributed by atoms with Gasteiger partial charge in [-0.15, -0.1) is 0 Å². The number of hydrogen-bond donors (Lipinski definition) is 1. The molecule has 0 unspecified atom stereocenters. The first-order chi connectivity index (χ1) is 8.08. The van der Waals surface area contributed by atoms with Crippen molar-refractivity contribution in [3.8, 4) is 0 Å². The summed E-state index contributed by atoms with van der Waals surface area (Å²) in [5.41, 5.74) is 0. The Kier molecular flexibility index (Phi) is 3.83. The molecule has 17 heavy (non-hydrogen) atoms. The molecule has 0 atom stereocenters. The lowest BCUT2D eigenvalue weighted by molar-refractivity contribution is -0.137. The standard InChI is InChI=1S/C11H13NO3S2/c13-9(14)2-1-5-12-10(15)8(17-11(12)16)6-7-3-4-7/h6-7H,1-5H2,(H,13,14)/b8-6+. The van der Waals surface area contributed by atoms with Gasteiger partial charge in [0, 0.05) is 13.0 Å². The van der Waals surface area contributed by atoms with Crippen LogP contribution in [-0.4, -0.2) is 32.7 Å². The number of carbonyl (C=O) groups is 2. The summed E-state index contributed by atoms with van der Waals surface area (Å²) in [6.45, 7) is 0.402. The molecule has 1 heterocycles. The summed E-state index contributed by atoms with van der Waals surface area (Å²) in [4.78, 5) is 24.6. The van der Waals surface area contributed by atoms with E-state index >= 15 is 0 Å². The lowest BCUT2D eigenvalue weighted by atomic mass is 10.3. The van der Waals surface area contributed by atoms with E-state index in [4.69, 9.17) is 17.3 Å². The Morgan fingerprint density at radius 1 is 1.59 bits per heavy atom. The van der Waals surface area contributed by atoms with Crippen molar-refractivity contribution in [3.63, 3.8) is 0 Å². The molecule has 2 aliphatic rings. The molecule has 0 aromatic rings. The maximum absolute atomic E-state index is 12.0. The molecule has 0 aromatic carbocycles. The minimum Gasteiger partial charge on any atom is -0.481 e. The minimum absolute atomic E-state index is 0.0581. The number of thiocarbonyl (C=S) groups is 1. The summed E-state index contributed by atoms with van der Waals surface area (Å²) in [5, 5.41) is 8.55. The van der Waals surface area contributed by atoms with Gasteiger partial charge in [0.2, 0.25) is 0 Å². The van der Waals surface area contributed by atoms with Crippen molar-refractivity contribution < 1.29 is 14.7 Å². The molecule has 1 saturated heterocycles. The second-order valence-corrected chi connectivity index (χ2v) is 5.87. The van der Waals surface area contributed by atoms with E-state index in [1.54, 1.807) is 0 Å². The lowest BCUT2D eigenvalue weighted by Gasteiger charge is -2.13. The number of thioether (sulfide) groups is 1. The summed E-state index contributed by atoms with van der Waals surface area (Å²) in [6.07, 6.45) is 4.82. The van der Waals surface area contributed by atoms with Crippen LogP contribution >= 0.6 is 24.0 Å². The Morgan fingerprint density at radius 2 is 2.29 bits per heavy atom. The third kappa shape index (κ3) is 3.29. The van der Waals surface area contributed by atoms with E-state index in [1.807, 2.05) is 6.08 Å². The molecule has 1 aliphatic heterocycles. The first-order valence-electron chi connectivity index (χ1n) is 5.55. The topological polar surface area (TPSA) is 57.6 Å². The van der Waals surface area contributed by atoms with E-state index in [-0.39, 0.29) is 12.3 Å². The number of allylic oxidation sites excluding steroid dienone is 1. The SMILES string of the molecule is O=C(O)CCCN1C(=O)/C(=C\C2CC2)SC1=S. The molecule has 1 amide bonds.